The molecule has 0 saturated heterocycles. The molecule has 108 valence electrons. The van der Waals surface area contributed by atoms with E-state index >= 15 is 0 Å². The summed E-state index contributed by atoms with van der Waals surface area (Å²) in [5.41, 5.74) is 4.84. The molecule has 0 spiro atoms. The van der Waals surface area contributed by atoms with Crippen LogP contribution in [0.1, 0.15) is 12.5 Å². The normalized spacial score (nSPS) is 11.6. The predicted molar refractivity (Wildman–Crippen MR) is 88.5 cm³/mol. The van der Waals surface area contributed by atoms with Gasteiger partial charge >= 0.3 is 5.97 Å². The van der Waals surface area contributed by atoms with E-state index in [4.69, 9.17) is 5.11 Å². The number of carbonyl (C=O) groups is 1. The van der Waals surface area contributed by atoms with Crippen molar-refractivity contribution in [2.75, 3.05) is 0 Å². The number of aromatic nitrogens is 1. The van der Waals surface area contributed by atoms with Gasteiger partial charge in [0.2, 0.25) is 0 Å². The van der Waals surface area contributed by atoms with Crippen LogP contribution in [0.2, 0.25) is 0 Å². The molecule has 3 aromatic rings. The fourth-order valence-corrected chi connectivity index (χ4v) is 2.45. The Kier molecular flexibility index (Phi) is 3.71. The Balaban J connectivity index is 1.96. The predicted octanol–water partition coefficient (Wildman–Crippen LogP) is 4.39. The minimum absolute atomic E-state index is 0.738. The van der Waals surface area contributed by atoms with E-state index in [-0.39, 0.29) is 0 Å². The molecule has 1 aromatic heterocycles. The Morgan fingerprint density at radius 2 is 1.77 bits per heavy atom. The molecule has 0 fully saturated rings. The number of allylic oxidation sites excluding steroid dienone is 1. The molecule has 22 heavy (non-hydrogen) atoms. The van der Waals surface area contributed by atoms with Gasteiger partial charge in [0.05, 0.1) is 5.52 Å². The minimum Gasteiger partial charge on any atom is -0.478 e. The van der Waals surface area contributed by atoms with Crippen molar-refractivity contribution >= 4 is 22.4 Å². The fourth-order valence-electron chi connectivity index (χ4n) is 2.45. The maximum absolute atomic E-state index is 10.7. The third kappa shape index (κ3) is 2.88. The third-order valence-corrected chi connectivity index (χ3v) is 3.62. The lowest BCUT2D eigenvalue weighted by molar-refractivity contribution is -0.131. The number of hydrogen-bond acceptors (Lipinski definition) is 2. The molecular formula is C19H15NO2. The van der Waals surface area contributed by atoms with Crippen LogP contribution in [-0.4, -0.2) is 16.1 Å². The van der Waals surface area contributed by atoms with E-state index in [9.17, 15) is 4.79 Å². The van der Waals surface area contributed by atoms with Crippen molar-refractivity contribution in [3.8, 4) is 11.1 Å². The Morgan fingerprint density at radius 1 is 1.05 bits per heavy atom. The van der Waals surface area contributed by atoms with Crippen LogP contribution in [0, 0.1) is 0 Å². The molecule has 0 atom stereocenters. The lowest BCUT2D eigenvalue weighted by atomic mass is 10.00. The van der Waals surface area contributed by atoms with E-state index in [0.717, 1.165) is 33.2 Å². The van der Waals surface area contributed by atoms with Gasteiger partial charge in [-0.3, -0.25) is 4.98 Å². The molecule has 0 bridgehead atoms. The molecule has 0 amide bonds. The lowest BCUT2D eigenvalue weighted by Gasteiger charge is -2.06. The van der Waals surface area contributed by atoms with Crippen molar-refractivity contribution in [1.82, 2.24) is 4.98 Å². The Hall–Kier alpha value is -2.94. The van der Waals surface area contributed by atoms with E-state index in [0.29, 0.717) is 0 Å². The molecule has 1 heterocycles. The Morgan fingerprint density at radius 3 is 2.50 bits per heavy atom. The maximum Gasteiger partial charge on any atom is 0.328 e. The second-order valence-electron chi connectivity index (χ2n) is 5.15. The SMILES string of the molecule is C/C(=C\C(=O)O)c1ccc(-c2ccc3ncccc3c2)cc1. The van der Waals surface area contributed by atoms with Crippen LogP contribution in [0.5, 0.6) is 0 Å². The van der Waals surface area contributed by atoms with Crippen molar-refractivity contribution in [3.63, 3.8) is 0 Å². The van der Waals surface area contributed by atoms with Gasteiger partial charge in [-0.25, -0.2) is 4.79 Å². The van der Waals surface area contributed by atoms with Crippen molar-refractivity contribution in [2.45, 2.75) is 6.92 Å². The molecule has 0 aliphatic heterocycles. The van der Waals surface area contributed by atoms with Crippen molar-refractivity contribution in [2.24, 2.45) is 0 Å². The number of aliphatic carboxylic acids is 1. The Bertz CT molecular complexity index is 864. The second kappa shape index (κ2) is 5.82. The van der Waals surface area contributed by atoms with Crippen LogP contribution in [-0.2, 0) is 4.79 Å². The Labute approximate surface area is 128 Å². The highest BCUT2D eigenvalue weighted by Crippen LogP contribution is 2.25. The van der Waals surface area contributed by atoms with Crippen LogP contribution in [0.3, 0.4) is 0 Å². The average molecular weight is 289 g/mol. The number of rotatable bonds is 3. The van der Waals surface area contributed by atoms with Gasteiger partial charge in [-0.05, 0) is 47.4 Å². The highest BCUT2D eigenvalue weighted by molar-refractivity contribution is 5.90. The number of benzene rings is 2. The van der Waals surface area contributed by atoms with E-state index in [1.54, 1.807) is 13.1 Å². The summed E-state index contributed by atoms with van der Waals surface area (Å²) in [6.45, 7) is 1.80. The first-order valence-electron chi connectivity index (χ1n) is 7.00. The monoisotopic (exact) mass is 289 g/mol. The molecule has 2 aromatic carbocycles. The highest BCUT2D eigenvalue weighted by atomic mass is 16.4. The van der Waals surface area contributed by atoms with Crippen molar-refractivity contribution in [1.29, 1.82) is 0 Å². The summed E-state index contributed by atoms with van der Waals surface area (Å²) in [6.07, 6.45) is 3.01. The zero-order valence-corrected chi connectivity index (χ0v) is 12.2. The standard InChI is InChI=1S/C19H15NO2/c1-13(11-19(21)22)14-4-6-15(7-5-14)16-8-9-18-17(12-16)3-2-10-20-18/h2-12H,1H3,(H,21,22)/b13-11+. The summed E-state index contributed by atoms with van der Waals surface area (Å²) in [5, 5.41) is 9.90. The van der Waals surface area contributed by atoms with Crippen molar-refractivity contribution in [3.05, 3.63) is 72.4 Å². The molecular weight excluding hydrogens is 274 g/mol. The number of carboxylic acids is 1. The van der Waals surface area contributed by atoms with Crippen LogP contribution in [0.4, 0.5) is 0 Å². The molecule has 0 aliphatic carbocycles. The number of carboxylic acid groups (broad SMARTS) is 1. The zero-order valence-electron chi connectivity index (χ0n) is 12.2. The lowest BCUT2D eigenvalue weighted by Crippen LogP contribution is -1.90. The van der Waals surface area contributed by atoms with Crippen LogP contribution >= 0.6 is 0 Å². The maximum atomic E-state index is 10.7. The average Bonchev–Trinajstić information content (AvgIpc) is 2.54. The summed E-state index contributed by atoms with van der Waals surface area (Å²) in [7, 11) is 0. The van der Waals surface area contributed by atoms with Gasteiger partial charge in [0, 0.05) is 17.7 Å². The van der Waals surface area contributed by atoms with Crippen LogP contribution in [0.25, 0.3) is 27.6 Å². The molecule has 0 aliphatic rings. The summed E-state index contributed by atoms with van der Waals surface area (Å²) < 4.78 is 0. The number of fused-ring (bicyclic) bond motifs is 1. The van der Waals surface area contributed by atoms with E-state index in [1.165, 1.54) is 6.08 Å². The molecule has 0 unspecified atom stereocenters. The highest BCUT2D eigenvalue weighted by Gasteiger charge is 2.02. The smallest absolute Gasteiger partial charge is 0.328 e. The van der Waals surface area contributed by atoms with Crippen LogP contribution in [0.15, 0.2) is 66.9 Å². The van der Waals surface area contributed by atoms with Gasteiger partial charge in [0.25, 0.3) is 0 Å². The van der Waals surface area contributed by atoms with Gasteiger partial charge in [-0.1, -0.05) is 36.4 Å². The first-order valence-corrected chi connectivity index (χ1v) is 7.00. The summed E-state index contributed by atoms with van der Waals surface area (Å²) in [5.74, 6) is -0.927. The number of pyridine rings is 1. The topological polar surface area (TPSA) is 50.2 Å². The van der Waals surface area contributed by atoms with Crippen molar-refractivity contribution < 1.29 is 9.90 Å². The summed E-state index contributed by atoms with van der Waals surface area (Å²) >= 11 is 0. The second-order valence-corrected chi connectivity index (χ2v) is 5.15. The summed E-state index contributed by atoms with van der Waals surface area (Å²) in [4.78, 5) is 15.0. The number of hydrogen-bond donors (Lipinski definition) is 1. The largest absolute Gasteiger partial charge is 0.478 e. The molecule has 3 rings (SSSR count). The minimum atomic E-state index is -0.927. The van der Waals surface area contributed by atoms with Gasteiger partial charge < -0.3 is 5.11 Å². The van der Waals surface area contributed by atoms with Gasteiger partial charge in [-0.15, -0.1) is 0 Å². The molecule has 0 saturated carbocycles. The van der Waals surface area contributed by atoms with Gasteiger partial charge in [0.15, 0.2) is 0 Å². The third-order valence-electron chi connectivity index (χ3n) is 3.62. The van der Waals surface area contributed by atoms with E-state index < -0.39 is 5.97 Å². The first-order chi connectivity index (χ1) is 10.6. The van der Waals surface area contributed by atoms with E-state index in [1.807, 2.05) is 48.5 Å². The molecule has 3 heteroatoms. The van der Waals surface area contributed by atoms with E-state index in [2.05, 4.69) is 11.1 Å². The zero-order chi connectivity index (χ0) is 15.5. The fraction of sp³-hybridized carbons (Fsp3) is 0.0526. The van der Waals surface area contributed by atoms with Gasteiger partial charge in [-0.2, -0.15) is 0 Å². The quantitative estimate of drug-likeness (QED) is 0.727. The van der Waals surface area contributed by atoms with Crippen LogP contribution < -0.4 is 0 Å². The molecule has 1 N–H and O–H groups in total. The molecule has 3 nitrogen and oxygen atoms in total. The number of nitrogens with zero attached hydrogens (tertiary/aromatic N) is 1. The first kappa shape index (κ1) is 14.0. The molecule has 0 radical (unpaired) electrons. The summed E-state index contributed by atoms with van der Waals surface area (Å²) in [6, 6.07) is 18.0. The van der Waals surface area contributed by atoms with Gasteiger partial charge in [0.1, 0.15) is 0 Å².